The third-order valence-corrected chi connectivity index (χ3v) is 4.10. The number of nitrogens with zero attached hydrogens (tertiary/aromatic N) is 1. The fourth-order valence-electron chi connectivity index (χ4n) is 2.70. The first-order chi connectivity index (χ1) is 8.78. The average Bonchev–Trinajstić information content (AvgIpc) is 3.15. The van der Waals surface area contributed by atoms with Gasteiger partial charge in [-0.3, -0.25) is 0 Å². The summed E-state index contributed by atoms with van der Waals surface area (Å²) in [7, 11) is 2.03. The van der Waals surface area contributed by atoms with Crippen molar-refractivity contribution in [1.29, 1.82) is 0 Å². The number of para-hydroxylation sites is 2. The third-order valence-electron chi connectivity index (χ3n) is 4.10. The molecule has 1 saturated carbocycles. The lowest BCUT2D eigenvalue weighted by Crippen LogP contribution is -2.35. The lowest BCUT2D eigenvalue weighted by molar-refractivity contribution is 0.336. The summed E-state index contributed by atoms with van der Waals surface area (Å²) in [6.45, 7) is 2.33. The number of likely N-dealkylation sites (N-methyl/N-ethyl adjacent to an activating group) is 1. The van der Waals surface area contributed by atoms with Gasteiger partial charge >= 0.3 is 0 Å². The topological polar surface area (TPSA) is 38.1 Å². The van der Waals surface area contributed by atoms with Crippen molar-refractivity contribution in [2.75, 3.05) is 7.05 Å². The Morgan fingerprint density at radius 1 is 1.39 bits per heavy atom. The Morgan fingerprint density at radius 3 is 2.83 bits per heavy atom. The minimum Gasteiger partial charge on any atom is -0.441 e. The van der Waals surface area contributed by atoms with Crippen LogP contribution in [0.4, 0.5) is 0 Å². The first-order valence-corrected chi connectivity index (χ1v) is 6.79. The highest BCUT2D eigenvalue weighted by Gasteiger charge is 2.33. The summed E-state index contributed by atoms with van der Waals surface area (Å²) in [5.74, 6) is 2.44. The van der Waals surface area contributed by atoms with E-state index >= 15 is 0 Å². The van der Waals surface area contributed by atoms with Crippen LogP contribution in [-0.2, 0) is 6.42 Å². The highest BCUT2D eigenvalue weighted by atomic mass is 16.3. The van der Waals surface area contributed by atoms with Crippen molar-refractivity contribution in [3.05, 3.63) is 30.2 Å². The molecule has 0 amide bonds. The molecule has 0 bridgehead atoms. The lowest BCUT2D eigenvalue weighted by atomic mass is 9.94. The smallest absolute Gasteiger partial charge is 0.197 e. The predicted octanol–water partition coefficient (Wildman–Crippen LogP) is 3.00. The molecule has 2 unspecified atom stereocenters. The normalized spacial score (nSPS) is 19.0. The number of hydrogen-bond acceptors (Lipinski definition) is 3. The molecule has 3 nitrogen and oxygen atoms in total. The Kier molecular flexibility index (Phi) is 3.08. The van der Waals surface area contributed by atoms with Crippen molar-refractivity contribution in [3.8, 4) is 0 Å². The zero-order valence-corrected chi connectivity index (χ0v) is 11.0. The van der Waals surface area contributed by atoms with Crippen LogP contribution in [0, 0.1) is 11.8 Å². The van der Waals surface area contributed by atoms with Crippen molar-refractivity contribution < 1.29 is 4.42 Å². The van der Waals surface area contributed by atoms with Gasteiger partial charge in [-0.05, 0) is 43.9 Å². The Morgan fingerprint density at radius 2 is 2.17 bits per heavy atom. The molecule has 0 spiro atoms. The minimum absolute atomic E-state index is 0.463. The summed E-state index contributed by atoms with van der Waals surface area (Å²) in [4.78, 5) is 4.56. The first-order valence-electron chi connectivity index (χ1n) is 6.79. The molecule has 96 valence electrons. The summed E-state index contributed by atoms with van der Waals surface area (Å²) in [6.07, 6.45) is 3.64. The molecule has 0 saturated heterocycles. The maximum Gasteiger partial charge on any atom is 0.197 e. The highest BCUT2D eigenvalue weighted by Crippen LogP contribution is 2.38. The Hall–Kier alpha value is -1.35. The first kappa shape index (κ1) is 11.7. The zero-order valence-electron chi connectivity index (χ0n) is 11.0. The molecule has 1 aliphatic rings. The van der Waals surface area contributed by atoms with Gasteiger partial charge in [0, 0.05) is 12.5 Å². The molecular weight excluding hydrogens is 224 g/mol. The van der Waals surface area contributed by atoms with Crippen molar-refractivity contribution in [2.24, 2.45) is 11.8 Å². The van der Waals surface area contributed by atoms with E-state index in [-0.39, 0.29) is 0 Å². The van der Waals surface area contributed by atoms with Gasteiger partial charge in [-0.1, -0.05) is 19.1 Å². The molecule has 0 radical (unpaired) electrons. The van der Waals surface area contributed by atoms with Crippen LogP contribution in [0.3, 0.4) is 0 Å². The molecular formula is C15H20N2O. The number of benzene rings is 1. The van der Waals surface area contributed by atoms with E-state index in [0.717, 1.165) is 29.3 Å². The predicted molar refractivity (Wildman–Crippen MR) is 72.4 cm³/mol. The molecule has 0 aliphatic heterocycles. The van der Waals surface area contributed by atoms with E-state index in [0.29, 0.717) is 12.0 Å². The van der Waals surface area contributed by atoms with Gasteiger partial charge in [0.15, 0.2) is 11.5 Å². The zero-order chi connectivity index (χ0) is 12.5. The van der Waals surface area contributed by atoms with Gasteiger partial charge in [-0.25, -0.2) is 4.98 Å². The molecule has 1 aliphatic carbocycles. The van der Waals surface area contributed by atoms with Crippen LogP contribution >= 0.6 is 0 Å². The van der Waals surface area contributed by atoms with Crippen molar-refractivity contribution in [2.45, 2.75) is 32.2 Å². The van der Waals surface area contributed by atoms with Crippen molar-refractivity contribution >= 4 is 11.1 Å². The van der Waals surface area contributed by atoms with Crippen LogP contribution in [0.1, 0.15) is 25.7 Å². The van der Waals surface area contributed by atoms with E-state index in [9.17, 15) is 0 Å². The highest BCUT2D eigenvalue weighted by molar-refractivity contribution is 5.72. The van der Waals surface area contributed by atoms with E-state index in [2.05, 4.69) is 17.2 Å². The Balaban J connectivity index is 1.77. The van der Waals surface area contributed by atoms with Gasteiger partial charge < -0.3 is 9.73 Å². The van der Waals surface area contributed by atoms with E-state index < -0.39 is 0 Å². The third kappa shape index (κ3) is 2.27. The average molecular weight is 244 g/mol. The second kappa shape index (κ2) is 4.73. The summed E-state index contributed by atoms with van der Waals surface area (Å²) in [6, 6.07) is 8.42. The van der Waals surface area contributed by atoms with E-state index in [4.69, 9.17) is 4.42 Å². The SMILES string of the molecule is CNC(Cc1nc2ccccc2o1)C(C)C1CC1. The van der Waals surface area contributed by atoms with Gasteiger partial charge in [0.25, 0.3) is 0 Å². The standard InChI is InChI=1S/C15H20N2O/c1-10(11-7-8-11)13(16-2)9-15-17-12-5-3-4-6-14(12)18-15/h3-6,10-11,13,16H,7-9H2,1-2H3. The Labute approximate surface area is 108 Å². The molecule has 1 N–H and O–H groups in total. The lowest BCUT2D eigenvalue weighted by Gasteiger charge is -2.21. The number of hydrogen-bond donors (Lipinski definition) is 1. The van der Waals surface area contributed by atoms with Crippen LogP contribution in [0.2, 0.25) is 0 Å². The van der Waals surface area contributed by atoms with Crippen LogP contribution in [-0.4, -0.2) is 18.1 Å². The van der Waals surface area contributed by atoms with E-state index in [1.165, 1.54) is 12.8 Å². The number of fused-ring (bicyclic) bond motifs is 1. The Bertz CT molecular complexity index is 497. The molecule has 2 aromatic rings. The monoisotopic (exact) mass is 244 g/mol. The summed E-state index contributed by atoms with van der Waals surface area (Å²) in [5, 5.41) is 3.42. The minimum atomic E-state index is 0.463. The second-order valence-corrected chi connectivity index (χ2v) is 5.37. The molecule has 3 rings (SSSR count). The summed E-state index contributed by atoms with van der Waals surface area (Å²) >= 11 is 0. The van der Waals surface area contributed by atoms with E-state index in [1.807, 2.05) is 31.3 Å². The van der Waals surface area contributed by atoms with Crippen LogP contribution in [0.15, 0.2) is 28.7 Å². The fraction of sp³-hybridized carbons (Fsp3) is 0.533. The molecule has 1 heterocycles. The van der Waals surface area contributed by atoms with Crippen LogP contribution in [0.5, 0.6) is 0 Å². The summed E-state index contributed by atoms with van der Waals surface area (Å²) < 4.78 is 5.80. The maximum absolute atomic E-state index is 5.80. The van der Waals surface area contributed by atoms with Gasteiger partial charge in [-0.15, -0.1) is 0 Å². The molecule has 18 heavy (non-hydrogen) atoms. The number of rotatable bonds is 5. The maximum atomic E-state index is 5.80. The number of nitrogens with one attached hydrogen (secondary N) is 1. The van der Waals surface area contributed by atoms with E-state index in [1.54, 1.807) is 0 Å². The van der Waals surface area contributed by atoms with Crippen molar-refractivity contribution in [3.63, 3.8) is 0 Å². The fourth-order valence-corrected chi connectivity index (χ4v) is 2.70. The van der Waals surface area contributed by atoms with Gasteiger partial charge in [-0.2, -0.15) is 0 Å². The number of aromatic nitrogens is 1. The molecule has 1 aromatic carbocycles. The molecule has 1 fully saturated rings. The molecule has 1 aromatic heterocycles. The molecule has 2 atom stereocenters. The van der Waals surface area contributed by atoms with Crippen LogP contribution in [0.25, 0.3) is 11.1 Å². The number of oxazole rings is 1. The largest absolute Gasteiger partial charge is 0.441 e. The van der Waals surface area contributed by atoms with Gasteiger partial charge in [0.1, 0.15) is 5.52 Å². The molecule has 3 heteroatoms. The van der Waals surface area contributed by atoms with Crippen molar-refractivity contribution in [1.82, 2.24) is 10.3 Å². The van der Waals surface area contributed by atoms with Gasteiger partial charge in [0.2, 0.25) is 0 Å². The quantitative estimate of drug-likeness (QED) is 0.878. The second-order valence-electron chi connectivity index (χ2n) is 5.37. The summed E-state index contributed by atoms with van der Waals surface area (Å²) in [5.41, 5.74) is 1.85. The van der Waals surface area contributed by atoms with Gasteiger partial charge in [0.05, 0.1) is 0 Å². The van der Waals surface area contributed by atoms with Crippen LogP contribution < -0.4 is 5.32 Å².